The van der Waals surface area contributed by atoms with E-state index in [-0.39, 0.29) is 5.56 Å². The molecule has 3 aromatic carbocycles. The van der Waals surface area contributed by atoms with Gasteiger partial charge >= 0.3 is 0 Å². The SMILES string of the molecule is CCCCc1nc2ccn(Cc3cccc(N)c3)c(=O)c2n1Cc1ccc(-c2ccccc2C#N)cc1. The van der Waals surface area contributed by atoms with Crippen LogP contribution in [0.2, 0.25) is 0 Å². The fourth-order valence-electron chi connectivity index (χ4n) is 4.74. The minimum absolute atomic E-state index is 0.0604. The normalized spacial score (nSPS) is 11.0. The largest absolute Gasteiger partial charge is 0.399 e. The number of hydrogen-bond donors (Lipinski definition) is 1. The van der Waals surface area contributed by atoms with Crippen molar-refractivity contribution in [3.8, 4) is 17.2 Å². The van der Waals surface area contributed by atoms with Crippen molar-refractivity contribution in [3.63, 3.8) is 0 Å². The molecule has 6 nitrogen and oxygen atoms in total. The Hall–Kier alpha value is -4.63. The van der Waals surface area contributed by atoms with Gasteiger partial charge in [0.05, 0.1) is 23.7 Å². The van der Waals surface area contributed by atoms with Crippen LogP contribution in [0.15, 0.2) is 89.9 Å². The van der Waals surface area contributed by atoms with Crippen LogP contribution in [0.5, 0.6) is 0 Å². The van der Waals surface area contributed by atoms with E-state index < -0.39 is 0 Å². The van der Waals surface area contributed by atoms with E-state index in [1.165, 1.54) is 0 Å². The Balaban J connectivity index is 1.52. The molecule has 5 aromatic rings. The first-order valence-electron chi connectivity index (χ1n) is 12.6. The minimum Gasteiger partial charge on any atom is -0.399 e. The molecule has 0 spiro atoms. The number of aryl methyl sites for hydroxylation is 1. The number of anilines is 1. The summed E-state index contributed by atoms with van der Waals surface area (Å²) in [4.78, 5) is 18.5. The first-order chi connectivity index (χ1) is 18.1. The summed E-state index contributed by atoms with van der Waals surface area (Å²) in [6.45, 7) is 3.15. The lowest BCUT2D eigenvalue weighted by Gasteiger charge is -2.12. The van der Waals surface area contributed by atoms with Crippen LogP contribution in [-0.2, 0) is 19.5 Å². The zero-order chi connectivity index (χ0) is 25.8. The van der Waals surface area contributed by atoms with Gasteiger partial charge in [0, 0.05) is 24.8 Å². The van der Waals surface area contributed by atoms with E-state index in [4.69, 9.17) is 10.7 Å². The number of pyridine rings is 1. The van der Waals surface area contributed by atoms with Crippen molar-refractivity contribution >= 4 is 16.7 Å². The summed E-state index contributed by atoms with van der Waals surface area (Å²) in [5.74, 6) is 0.926. The molecule has 6 heteroatoms. The molecule has 0 saturated heterocycles. The predicted molar refractivity (Wildman–Crippen MR) is 148 cm³/mol. The fourth-order valence-corrected chi connectivity index (χ4v) is 4.74. The van der Waals surface area contributed by atoms with Crippen LogP contribution in [-0.4, -0.2) is 14.1 Å². The lowest BCUT2D eigenvalue weighted by atomic mass is 9.99. The van der Waals surface area contributed by atoms with Gasteiger partial charge in [-0.2, -0.15) is 5.26 Å². The summed E-state index contributed by atoms with van der Waals surface area (Å²) in [6, 6.07) is 27.6. The third-order valence-corrected chi connectivity index (χ3v) is 6.66. The number of nitrogen functional groups attached to an aromatic ring is 1. The van der Waals surface area contributed by atoms with Gasteiger partial charge < -0.3 is 14.9 Å². The highest BCUT2D eigenvalue weighted by Crippen LogP contribution is 2.24. The number of nitrogens with zero attached hydrogens (tertiary/aromatic N) is 4. The van der Waals surface area contributed by atoms with E-state index in [1.54, 1.807) is 4.57 Å². The Morgan fingerprint density at radius 3 is 2.51 bits per heavy atom. The van der Waals surface area contributed by atoms with Crippen molar-refractivity contribution < 1.29 is 0 Å². The van der Waals surface area contributed by atoms with Crippen molar-refractivity contribution in [1.29, 1.82) is 5.26 Å². The average molecular weight is 488 g/mol. The maximum atomic E-state index is 13.7. The summed E-state index contributed by atoms with van der Waals surface area (Å²) in [6.07, 6.45) is 4.68. The third kappa shape index (κ3) is 5.03. The number of nitriles is 1. The molecule has 0 atom stereocenters. The molecule has 2 heterocycles. The van der Waals surface area contributed by atoms with E-state index in [0.29, 0.717) is 29.9 Å². The maximum absolute atomic E-state index is 13.7. The molecule has 37 heavy (non-hydrogen) atoms. The Labute approximate surface area is 216 Å². The van der Waals surface area contributed by atoms with Gasteiger partial charge in [-0.25, -0.2) is 4.98 Å². The summed E-state index contributed by atoms with van der Waals surface area (Å²) in [7, 11) is 0. The zero-order valence-corrected chi connectivity index (χ0v) is 20.9. The Morgan fingerprint density at radius 2 is 1.76 bits per heavy atom. The second-order valence-electron chi connectivity index (χ2n) is 9.30. The van der Waals surface area contributed by atoms with Gasteiger partial charge in [0.1, 0.15) is 11.3 Å². The van der Waals surface area contributed by atoms with E-state index in [0.717, 1.165) is 52.9 Å². The monoisotopic (exact) mass is 487 g/mol. The highest BCUT2D eigenvalue weighted by Gasteiger charge is 2.16. The van der Waals surface area contributed by atoms with Crippen LogP contribution in [0.1, 0.15) is 42.3 Å². The van der Waals surface area contributed by atoms with Crippen molar-refractivity contribution in [3.05, 3.63) is 118 Å². The van der Waals surface area contributed by atoms with Gasteiger partial charge in [-0.3, -0.25) is 4.79 Å². The van der Waals surface area contributed by atoms with E-state index in [9.17, 15) is 10.1 Å². The molecule has 0 unspecified atom stereocenters. The molecule has 0 fully saturated rings. The zero-order valence-electron chi connectivity index (χ0n) is 20.9. The van der Waals surface area contributed by atoms with Gasteiger partial charge in [-0.15, -0.1) is 0 Å². The van der Waals surface area contributed by atoms with Gasteiger partial charge in [0.2, 0.25) is 0 Å². The lowest BCUT2D eigenvalue weighted by Crippen LogP contribution is -2.22. The van der Waals surface area contributed by atoms with E-state index in [1.807, 2.05) is 72.9 Å². The average Bonchev–Trinajstić information content (AvgIpc) is 3.27. The van der Waals surface area contributed by atoms with Crippen molar-refractivity contribution in [1.82, 2.24) is 14.1 Å². The molecule has 0 saturated carbocycles. The molecular weight excluding hydrogens is 458 g/mol. The second-order valence-corrected chi connectivity index (χ2v) is 9.30. The Kier molecular flexibility index (Phi) is 6.87. The molecule has 0 radical (unpaired) electrons. The van der Waals surface area contributed by atoms with Crippen molar-refractivity contribution in [2.24, 2.45) is 0 Å². The van der Waals surface area contributed by atoms with Crippen LogP contribution in [0.3, 0.4) is 0 Å². The number of hydrogen-bond acceptors (Lipinski definition) is 4. The maximum Gasteiger partial charge on any atom is 0.277 e. The number of benzene rings is 3. The Bertz CT molecular complexity index is 1650. The molecule has 0 aliphatic rings. The van der Waals surface area contributed by atoms with Crippen LogP contribution < -0.4 is 11.3 Å². The summed E-state index contributed by atoms with van der Waals surface area (Å²) < 4.78 is 3.79. The van der Waals surface area contributed by atoms with Gasteiger partial charge in [0.25, 0.3) is 5.56 Å². The second kappa shape index (κ2) is 10.5. The molecule has 184 valence electrons. The third-order valence-electron chi connectivity index (χ3n) is 6.66. The van der Waals surface area contributed by atoms with Gasteiger partial charge in [0.15, 0.2) is 0 Å². The fraction of sp³-hybridized carbons (Fsp3) is 0.194. The molecule has 5 rings (SSSR count). The van der Waals surface area contributed by atoms with Crippen LogP contribution in [0.25, 0.3) is 22.2 Å². The number of unbranched alkanes of at least 4 members (excludes halogenated alkanes) is 1. The molecular formula is C31H29N5O. The number of rotatable bonds is 8. The number of imidazole rings is 1. The predicted octanol–water partition coefficient (Wildman–Crippen LogP) is 5.76. The van der Waals surface area contributed by atoms with E-state index >= 15 is 0 Å². The first-order valence-corrected chi connectivity index (χ1v) is 12.6. The molecule has 2 N–H and O–H groups in total. The smallest absolute Gasteiger partial charge is 0.277 e. The molecule has 0 amide bonds. The lowest BCUT2D eigenvalue weighted by molar-refractivity contribution is 0.684. The summed E-state index contributed by atoms with van der Waals surface area (Å²) in [5.41, 5.74) is 12.5. The van der Waals surface area contributed by atoms with Gasteiger partial charge in [-0.1, -0.05) is 67.9 Å². The number of aromatic nitrogens is 3. The molecule has 0 aliphatic heterocycles. The topological polar surface area (TPSA) is 89.6 Å². The molecule has 0 bridgehead atoms. The quantitative estimate of drug-likeness (QED) is 0.282. The number of nitrogens with two attached hydrogens (primary N) is 1. The van der Waals surface area contributed by atoms with Crippen molar-refractivity contribution in [2.75, 3.05) is 5.73 Å². The highest BCUT2D eigenvalue weighted by atomic mass is 16.1. The highest BCUT2D eigenvalue weighted by molar-refractivity contribution is 5.75. The summed E-state index contributed by atoms with van der Waals surface area (Å²) >= 11 is 0. The van der Waals surface area contributed by atoms with Crippen LogP contribution in [0.4, 0.5) is 5.69 Å². The van der Waals surface area contributed by atoms with Crippen LogP contribution >= 0.6 is 0 Å². The van der Waals surface area contributed by atoms with Gasteiger partial charge in [-0.05, 0) is 52.9 Å². The van der Waals surface area contributed by atoms with Crippen LogP contribution in [0, 0.1) is 11.3 Å². The molecule has 2 aromatic heterocycles. The van der Waals surface area contributed by atoms with E-state index in [2.05, 4.69) is 29.7 Å². The first kappa shape index (κ1) is 24.1. The number of fused-ring (bicyclic) bond motifs is 1. The minimum atomic E-state index is -0.0604. The van der Waals surface area contributed by atoms with Crippen molar-refractivity contribution in [2.45, 2.75) is 39.3 Å². The standard InChI is InChI=1S/C31H29N5O/c1-2-3-11-29-34-28-16-17-35(20-23-7-6-9-26(33)18-23)31(37)30(28)36(29)21-22-12-14-24(15-13-22)27-10-5-4-8-25(27)19-32/h4-10,12-18H,2-3,11,20-21,33H2,1H3. The molecule has 0 aliphatic carbocycles. The Morgan fingerprint density at radius 1 is 0.946 bits per heavy atom. The summed E-state index contributed by atoms with van der Waals surface area (Å²) in [5, 5.41) is 9.46.